The topological polar surface area (TPSA) is 56.7 Å². The van der Waals surface area contributed by atoms with Crippen LogP contribution in [0.3, 0.4) is 0 Å². The van der Waals surface area contributed by atoms with Crippen molar-refractivity contribution in [2.45, 2.75) is 0 Å². The number of rotatable bonds is 5. The van der Waals surface area contributed by atoms with Crippen molar-refractivity contribution < 1.29 is 4.42 Å². The van der Waals surface area contributed by atoms with Crippen LogP contribution in [0.4, 0.5) is 0 Å². The normalized spacial score (nSPS) is 11.9. The minimum atomic E-state index is 0.547. The van der Waals surface area contributed by atoms with Gasteiger partial charge in [-0.1, -0.05) is 182 Å². The molecule has 62 heavy (non-hydrogen) atoms. The molecule has 0 bridgehead atoms. The second kappa shape index (κ2) is 13.6. The Kier molecular flexibility index (Phi) is 7.54. The summed E-state index contributed by atoms with van der Waals surface area (Å²) in [6, 6.07) is 72.7. The Morgan fingerprint density at radius 2 is 0.903 bits per heavy atom. The molecule has 13 rings (SSSR count). The van der Waals surface area contributed by atoms with Gasteiger partial charge in [0.05, 0.1) is 11.0 Å². The third-order valence-corrected chi connectivity index (χ3v) is 12.4. The molecular formula is C57H34N4O. The van der Waals surface area contributed by atoms with E-state index in [0.29, 0.717) is 17.6 Å². The van der Waals surface area contributed by atoms with Crippen LogP contribution in [0, 0.1) is 0 Å². The number of hydrogen-bond acceptors (Lipinski definition) is 4. The molecule has 3 aromatic heterocycles. The van der Waals surface area contributed by atoms with Gasteiger partial charge in [-0.25, -0.2) is 4.98 Å². The van der Waals surface area contributed by atoms with E-state index >= 15 is 0 Å². The van der Waals surface area contributed by atoms with Gasteiger partial charge in [-0.05, 0) is 67.9 Å². The summed E-state index contributed by atoms with van der Waals surface area (Å²) in [6.45, 7) is 0. The molecule has 0 aliphatic heterocycles. The van der Waals surface area contributed by atoms with E-state index in [-0.39, 0.29) is 0 Å². The highest BCUT2D eigenvalue weighted by Crippen LogP contribution is 2.43. The average Bonchev–Trinajstić information content (AvgIpc) is 3.90. The van der Waals surface area contributed by atoms with Crippen LogP contribution in [0.1, 0.15) is 0 Å². The summed E-state index contributed by atoms with van der Waals surface area (Å²) in [6.07, 6.45) is 0. The summed E-state index contributed by atoms with van der Waals surface area (Å²) in [4.78, 5) is 16.0. The van der Waals surface area contributed by atoms with Crippen LogP contribution in [0.15, 0.2) is 211 Å². The molecule has 0 unspecified atom stereocenters. The van der Waals surface area contributed by atoms with Crippen LogP contribution in [0.2, 0.25) is 0 Å². The predicted octanol–water partition coefficient (Wildman–Crippen LogP) is 15.0. The second-order valence-corrected chi connectivity index (χ2v) is 16.0. The van der Waals surface area contributed by atoms with Gasteiger partial charge in [0.1, 0.15) is 11.2 Å². The Hall–Kier alpha value is -8.41. The molecule has 0 N–H and O–H groups in total. The number of hydrogen-bond donors (Lipinski definition) is 0. The van der Waals surface area contributed by atoms with Gasteiger partial charge in [-0.15, -0.1) is 0 Å². The lowest BCUT2D eigenvalue weighted by Crippen LogP contribution is -2.07. The van der Waals surface area contributed by atoms with Crippen LogP contribution in [0.25, 0.3) is 127 Å². The average molecular weight is 791 g/mol. The molecule has 10 aromatic carbocycles. The fraction of sp³-hybridized carbons (Fsp3) is 0. The van der Waals surface area contributed by atoms with Crippen molar-refractivity contribution in [3.63, 3.8) is 0 Å². The minimum absolute atomic E-state index is 0.547. The van der Waals surface area contributed by atoms with Crippen LogP contribution >= 0.6 is 0 Å². The van der Waals surface area contributed by atoms with Gasteiger partial charge in [-0.3, -0.25) is 4.57 Å². The van der Waals surface area contributed by atoms with E-state index < -0.39 is 0 Å². The largest absolute Gasteiger partial charge is 0.456 e. The highest BCUT2D eigenvalue weighted by molar-refractivity contribution is 6.22. The Morgan fingerprint density at radius 3 is 1.74 bits per heavy atom. The molecule has 0 saturated heterocycles. The maximum atomic E-state index is 6.62. The second-order valence-electron chi connectivity index (χ2n) is 16.0. The quantitative estimate of drug-likeness (QED) is 0.174. The zero-order chi connectivity index (χ0) is 40.7. The van der Waals surface area contributed by atoms with E-state index in [4.69, 9.17) is 19.4 Å². The smallest absolute Gasteiger partial charge is 0.238 e. The van der Waals surface area contributed by atoms with Crippen LogP contribution in [0.5, 0.6) is 0 Å². The van der Waals surface area contributed by atoms with Crippen molar-refractivity contribution >= 4 is 76.1 Å². The van der Waals surface area contributed by atoms with Gasteiger partial charge in [0.15, 0.2) is 11.6 Å². The zero-order valence-electron chi connectivity index (χ0n) is 33.3. The van der Waals surface area contributed by atoms with E-state index in [9.17, 15) is 0 Å². The molecule has 0 spiro atoms. The molecule has 5 heteroatoms. The van der Waals surface area contributed by atoms with Crippen molar-refractivity contribution in [2.75, 3.05) is 0 Å². The van der Waals surface area contributed by atoms with Gasteiger partial charge in [0.25, 0.3) is 0 Å². The van der Waals surface area contributed by atoms with E-state index in [1.54, 1.807) is 0 Å². The maximum Gasteiger partial charge on any atom is 0.238 e. The minimum Gasteiger partial charge on any atom is -0.456 e. The van der Waals surface area contributed by atoms with E-state index in [1.165, 1.54) is 10.8 Å². The molecular weight excluding hydrogens is 757 g/mol. The SMILES string of the molecule is c1ccc(-c2ccc(-c3nc(-c4ccc5ccccc5c4)nc(-n4c5c(-c6ccc7c(c6)oc6ccc8ccccc8c67)cccc5c5ccc6ccccc6c54)n3)cc2)cc1. The first kappa shape index (κ1) is 34.5. The molecule has 0 saturated carbocycles. The molecule has 0 atom stereocenters. The highest BCUT2D eigenvalue weighted by atomic mass is 16.3. The Bertz CT molecular complexity index is 3920. The standard InChI is InChI=1S/C57H34N4O/c1-2-11-35(12-3-1)37-21-24-40(25-22-37)55-58-56(43-26-23-36-13-4-5-16-41(36)33-43)60-57(59-55)61-53-45-18-9-7-15-39(45)27-30-48(53)47-20-10-19-46(54(47)61)42-28-31-49-51(34-42)62-50-32-29-38-14-6-8-17-44(38)52(49)50/h1-34H. The molecule has 0 amide bonds. The summed E-state index contributed by atoms with van der Waals surface area (Å²) in [5, 5.41) is 11.4. The van der Waals surface area contributed by atoms with Crippen LogP contribution < -0.4 is 0 Å². The first-order valence-corrected chi connectivity index (χ1v) is 20.9. The number of nitrogens with zero attached hydrogens (tertiary/aromatic N) is 4. The molecule has 3 heterocycles. The molecule has 13 aromatic rings. The first-order valence-electron chi connectivity index (χ1n) is 20.9. The molecule has 0 aliphatic rings. The van der Waals surface area contributed by atoms with Crippen molar-refractivity contribution in [2.24, 2.45) is 0 Å². The van der Waals surface area contributed by atoms with Crippen molar-refractivity contribution in [3.05, 3.63) is 206 Å². The summed E-state index contributed by atoms with van der Waals surface area (Å²) in [5.41, 5.74) is 10.00. The Labute approximate surface area is 355 Å². The van der Waals surface area contributed by atoms with Gasteiger partial charge in [0, 0.05) is 43.6 Å². The highest BCUT2D eigenvalue weighted by Gasteiger charge is 2.23. The number of furan rings is 1. The molecule has 0 radical (unpaired) electrons. The van der Waals surface area contributed by atoms with Gasteiger partial charge < -0.3 is 4.42 Å². The molecule has 288 valence electrons. The van der Waals surface area contributed by atoms with Crippen LogP contribution in [-0.2, 0) is 0 Å². The third-order valence-electron chi connectivity index (χ3n) is 12.4. The number of benzene rings is 10. The maximum absolute atomic E-state index is 6.62. The number of aromatic nitrogens is 4. The first-order chi connectivity index (χ1) is 30.7. The number of fused-ring (bicyclic) bond motifs is 11. The van der Waals surface area contributed by atoms with Gasteiger partial charge >= 0.3 is 0 Å². The van der Waals surface area contributed by atoms with E-state index in [0.717, 1.165) is 98.7 Å². The summed E-state index contributed by atoms with van der Waals surface area (Å²) in [5.74, 6) is 1.75. The van der Waals surface area contributed by atoms with Crippen molar-refractivity contribution in [1.82, 2.24) is 19.5 Å². The lowest BCUT2D eigenvalue weighted by Gasteiger charge is -2.14. The van der Waals surface area contributed by atoms with Gasteiger partial charge in [-0.2, -0.15) is 9.97 Å². The van der Waals surface area contributed by atoms with E-state index in [1.807, 2.05) is 6.07 Å². The van der Waals surface area contributed by atoms with Crippen LogP contribution in [-0.4, -0.2) is 19.5 Å². The zero-order valence-corrected chi connectivity index (χ0v) is 33.3. The fourth-order valence-corrected chi connectivity index (χ4v) is 9.47. The molecule has 5 nitrogen and oxygen atoms in total. The summed E-state index contributed by atoms with van der Waals surface area (Å²) < 4.78 is 8.89. The fourth-order valence-electron chi connectivity index (χ4n) is 9.47. The molecule has 0 aliphatic carbocycles. The predicted molar refractivity (Wildman–Crippen MR) is 256 cm³/mol. The summed E-state index contributed by atoms with van der Waals surface area (Å²) in [7, 11) is 0. The Balaban J connectivity index is 1.09. The van der Waals surface area contributed by atoms with Crippen molar-refractivity contribution in [1.29, 1.82) is 0 Å². The van der Waals surface area contributed by atoms with Crippen molar-refractivity contribution in [3.8, 4) is 51.0 Å². The Morgan fingerprint density at radius 1 is 0.323 bits per heavy atom. The van der Waals surface area contributed by atoms with Gasteiger partial charge in [0.2, 0.25) is 5.95 Å². The monoisotopic (exact) mass is 790 g/mol. The lowest BCUT2D eigenvalue weighted by molar-refractivity contribution is 0.669. The third kappa shape index (κ3) is 5.38. The lowest BCUT2D eigenvalue weighted by atomic mass is 9.99. The summed E-state index contributed by atoms with van der Waals surface area (Å²) >= 11 is 0. The number of para-hydroxylation sites is 1. The molecule has 0 fully saturated rings. The van der Waals surface area contributed by atoms with E-state index in [2.05, 4.69) is 205 Å².